The molecule has 4 heteroatoms. The van der Waals surface area contributed by atoms with Gasteiger partial charge in [-0.25, -0.2) is 0 Å². The first-order valence-corrected chi connectivity index (χ1v) is 8.22. The van der Waals surface area contributed by atoms with E-state index in [0.717, 1.165) is 32.3 Å². The minimum absolute atomic E-state index is 0.383. The summed E-state index contributed by atoms with van der Waals surface area (Å²) >= 11 is 2.06. The third-order valence-electron chi connectivity index (χ3n) is 3.48. The molecule has 1 heterocycles. The molecule has 18 heavy (non-hydrogen) atoms. The number of hydrogen-bond acceptors (Lipinski definition) is 4. The molecule has 1 saturated heterocycles. The molecule has 0 aromatic carbocycles. The first kappa shape index (κ1) is 14.6. The summed E-state index contributed by atoms with van der Waals surface area (Å²) in [5.74, 6) is 1.23. The van der Waals surface area contributed by atoms with Crippen LogP contribution in [-0.4, -0.2) is 60.3 Å². The second-order valence-electron chi connectivity index (χ2n) is 6.41. The van der Waals surface area contributed by atoms with Gasteiger partial charge in [-0.2, -0.15) is 11.8 Å². The number of thioether (sulfide) groups is 1. The first-order chi connectivity index (χ1) is 8.54. The van der Waals surface area contributed by atoms with E-state index in [-0.39, 0.29) is 0 Å². The van der Waals surface area contributed by atoms with Gasteiger partial charge in [0.1, 0.15) is 0 Å². The second kappa shape index (κ2) is 6.60. The van der Waals surface area contributed by atoms with Crippen LogP contribution in [0.2, 0.25) is 0 Å². The van der Waals surface area contributed by atoms with E-state index in [4.69, 9.17) is 4.74 Å². The minimum Gasteiger partial charge on any atom is -0.378 e. The van der Waals surface area contributed by atoms with Crippen LogP contribution in [0.3, 0.4) is 0 Å². The predicted molar refractivity (Wildman–Crippen MR) is 79.4 cm³/mol. The molecule has 1 aliphatic heterocycles. The van der Waals surface area contributed by atoms with Gasteiger partial charge in [-0.15, -0.1) is 0 Å². The highest BCUT2D eigenvalue weighted by molar-refractivity contribution is 8.00. The topological polar surface area (TPSA) is 24.5 Å². The third kappa shape index (κ3) is 5.47. The van der Waals surface area contributed by atoms with Crippen LogP contribution in [0, 0.1) is 0 Å². The van der Waals surface area contributed by atoms with E-state index in [1.54, 1.807) is 0 Å². The monoisotopic (exact) mass is 272 g/mol. The standard InChI is InChI=1S/C14H28N2OS/c1-14(2,3)18-9-7-16-6-8-17-11-13(16)10-15-12-4-5-12/h12-13,15H,4-11H2,1-3H3. The Hall–Kier alpha value is 0.230. The summed E-state index contributed by atoms with van der Waals surface area (Å²) in [6.45, 7) is 12.1. The molecule has 0 spiro atoms. The fraction of sp³-hybridized carbons (Fsp3) is 1.00. The summed E-state index contributed by atoms with van der Waals surface area (Å²) in [5.41, 5.74) is 0. The van der Waals surface area contributed by atoms with E-state index in [1.807, 2.05) is 0 Å². The van der Waals surface area contributed by atoms with E-state index in [1.165, 1.54) is 25.1 Å². The number of morpholine rings is 1. The highest BCUT2D eigenvalue weighted by Crippen LogP contribution is 2.23. The zero-order valence-corrected chi connectivity index (χ0v) is 12.9. The van der Waals surface area contributed by atoms with Gasteiger partial charge in [0.15, 0.2) is 0 Å². The number of hydrogen-bond donors (Lipinski definition) is 1. The molecule has 2 aliphatic rings. The molecule has 1 aliphatic carbocycles. The van der Waals surface area contributed by atoms with Crippen molar-refractivity contribution in [2.45, 2.75) is 50.4 Å². The first-order valence-electron chi connectivity index (χ1n) is 7.24. The lowest BCUT2D eigenvalue weighted by atomic mass is 10.2. The van der Waals surface area contributed by atoms with Crippen molar-refractivity contribution in [1.82, 2.24) is 10.2 Å². The Balaban J connectivity index is 1.68. The van der Waals surface area contributed by atoms with Crippen LogP contribution in [0.1, 0.15) is 33.6 Å². The lowest BCUT2D eigenvalue weighted by Crippen LogP contribution is -2.51. The van der Waals surface area contributed by atoms with Crippen LogP contribution in [0.5, 0.6) is 0 Å². The molecule has 0 amide bonds. The summed E-state index contributed by atoms with van der Waals surface area (Å²) in [4.78, 5) is 2.61. The van der Waals surface area contributed by atoms with Gasteiger partial charge in [-0.05, 0) is 12.8 Å². The highest BCUT2D eigenvalue weighted by atomic mass is 32.2. The number of ether oxygens (including phenoxy) is 1. The molecular formula is C14H28N2OS. The quantitative estimate of drug-likeness (QED) is 0.799. The van der Waals surface area contributed by atoms with Crippen molar-refractivity contribution in [2.75, 3.05) is 38.6 Å². The summed E-state index contributed by atoms with van der Waals surface area (Å²) in [5, 5.41) is 3.63. The zero-order chi connectivity index (χ0) is 13.0. The van der Waals surface area contributed by atoms with Crippen molar-refractivity contribution in [3.8, 4) is 0 Å². The van der Waals surface area contributed by atoms with E-state index in [2.05, 4.69) is 42.7 Å². The molecule has 106 valence electrons. The Kier molecular flexibility index (Phi) is 5.36. The van der Waals surface area contributed by atoms with Gasteiger partial charge in [0, 0.05) is 42.2 Å². The zero-order valence-electron chi connectivity index (χ0n) is 12.1. The lowest BCUT2D eigenvalue weighted by Gasteiger charge is -2.36. The molecule has 0 aromatic heterocycles. The predicted octanol–water partition coefficient (Wildman–Crippen LogP) is 1.97. The van der Waals surface area contributed by atoms with Crippen molar-refractivity contribution in [3.05, 3.63) is 0 Å². The smallest absolute Gasteiger partial charge is 0.0634 e. The van der Waals surface area contributed by atoms with Crippen LogP contribution in [0.25, 0.3) is 0 Å². The van der Waals surface area contributed by atoms with Crippen molar-refractivity contribution in [1.29, 1.82) is 0 Å². The van der Waals surface area contributed by atoms with Crippen molar-refractivity contribution < 1.29 is 4.74 Å². The molecule has 0 radical (unpaired) electrons. The van der Waals surface area contributed by atoms with Gasteiger partial charge in [-0.1, -0.05) is 20.8 Å². The van der Waals surface area contributed by atoms with E-state index in [9.17, 15) is 0 Å². The van der Waals surface area contributed by atoms with Gasteiger partial charge in [0.2, 0.25) is 0 Å². The van der Waals surface area contributed by atoms with Gasteiger partial charge in [-0.3, -0.25) is 4.90 Å². The second-order valence-corrected chi connectivity index (χ2v) is 8.33. The maximum absolute atomic E-state index is 5.62. The fourth-order valence-electron chi connectivity index (χ4n) is 2.23. The van der Waals surface area contributed by atoms with Crippen LogP contribution in [0.15, 0.2) is 0 Å². The van der Waals surface area contributed by atoms with Gasteiger partial charge in [0.05, 0.1) is 13.2 Å². The number of nitrogens with zero attached hydrogens (tertiary/aromatic N) is 1. The number of rotatable bonds is 6. The van der Waals surface area contributed by atoms with Crippen LogP contribution in [-0.2, 0) is 4.74 Å². The molecule has 1 saturated carbocycles. The normalized spacial score (nSPS) is 26.5. The molecule has 2 rings (SSSR count). The highest BCUT2D eigenvalue weighted by Gasteiger charge is 2.26. The van der Waals surface area contributed by atoms with Crippen LogP contribution in [0.4, 0.5) is 0 Å². The Morgan fingerprint density at radius 1 is 1.33 bits per heavy atom. The van der Waals surface area contributed by atoms with Gasteiger partial charge >= 0.3 is 0 Å². The van der Waals surface area contributed by atoms with Crippen molar-refractivity contribution in [2.24, 2.45) is 0 Å². The van der Waals surface area contributed by atoms with Crippen molar-refractivity contribution in [3.63, 3.8) is 0 Å². The summed E-state index contributed by atoms with van der Waals surface area (Å²) in [6, 6.07) is 1.39. The molecule has 1 N–H and O–H groups in total. The number of nitrogens with one attached hydrogen (secondary N) is 1. The maximum Gasteiger partial charge on any atom is 0.0634 e. The minimum atomic E-state index is 0.383. The van der Waals surface area contributed by atoms with Crippen molar-refractivity contribution >= 4 is 11.8 Å². The summed E-state index contributed by atoms with van der Waals surface area (Å²) < 4.78 is 6.01. The average Bonchev–Trinajstić information content (AvgIpc) is 3.10. The van der Waals surface area contributed by atoms with E-state index < -0.39 is 0 Å². The summed E-state index contributed by atoms with van der Waals surface area (Å²) in [6.07, 6.45) is 2.74. The van der Waals surface area contributed by atoms with E-state index >= 15 is 0 Å². The van der Waals surface area contributed by atoms with Gasteiger partial charge in [0.25, 0.3) is 0 Å². The molecule has 1 atom stereocenters. The lowest BCUT2D eigenvalue weighted by molar-refractivity contribution is -0.00371. The summed E-state index contributed by atoms with van der Waals surface area (Å²) in [7, 11) is 0. The Morgan fingerprint density at radius 2 is 2.11 bits per heavy atom. The fourth-order valence-corrected chi connectivity index (χ4v) is 3.17. The molecule has 1 unspecified atom stereocenters. The average molecular weight is 272 g/mol. The Morgan fingerprint density at radius 3 is 2.78 bits per heavy atom. The molecule has 0 bridgehead atoms. The van der Waals surface area contributed by atoms with Crippen LogP contribution >= 0.6 is 11.8 Å². The molecular weight excluding hydrogens is 244 g/mol. The van der Waals surface area contributed by atoms with Crippen LogP contribution < -0.4 is 5.32 Å². The molecule has 3 nitrogen and oxygen atoms in total. The Bertz CT molecular complexity index is 251. The maximum atomic E-state index is 5.62. The largest absolute Gasteiger partial charge is 0.378 e. The molecule has 2 fully saturated rings. The van der Waals surface area contributed by atoms with E-state index in [0.29, 0.717) is 10.8 Å². The molecule has 0 aromatic rings. The third-order valence-corrected chi connectivity index (χ3v) is 4.74. The Labute approximate surface area is 116 Å². The van der Waals surface area contributed by atoms with Gasteiger partial charge < -0.3 is 10.1 Å². The SMILES string of the molecule is CC(C)(C)SCCN1CCOCC1CNC1CC1.